The number of benzene rings is 1. The van der Waals surface area contributed by atoms with E-state index in [2.05, 4.69) is 4.98 Å². The third-order valence-corrected chi connectivity index (χ3v) is 2.50. The molecule has 0 aliphatic rings. The molecular formula is C11H11ClN2. The highest BCUT2D eigenvalue weighted by atomic mass is 35.5. The number of rotatable bonds is 1. The normalized spacial score (nSPS) is 10.8. The van der Waals surface area contributed by atoms with E-state index in [0.717, 1.165) is 27.2 Å². The van der Waals surface area contributed by atoms with E-state index < -0.39 is 0 Å². The van der Waals surface area contributed by atoms with Gasteiger partial charge in [-0.25, -0.2) is 0 Å². The van der Waals surface area contributed by atoms with Crippen molar-refractivity contribution in [3.63, 3.8) is 0 Å². The second kappa shape index (κ2) is 3.56. The Morgan fingerprint density at radius 2 is 2.14 bits per heavy atom. The molecule has 0 atom stereocenters. The van der Waals surface area contributed by atoms with Gasteiger partial charge < -0.3 is 5.73 Å². The first-order valence-corrected chi connectivity index (χ1v) is 4.84. The lowest BCUT2D eigenvalue weighted by atomic mass is 10.1. The van der Waals surface area contributed by atoms with Crippen molar-refractivity contribution in [1.29, 1.82) is 0 Å². The van der Waals surface area contributed by atoms with Gasteiger partial charge in [-0.2, -0.15) is 0 Å². The Bertz CT molecular complexity index is 480. The SMILES string of the molecule is Cc1cc(Cl)c2ccc(CN)cc2n1. The van der Waals surface area contributed by atoms with Crippen LogP contribution in [0.4, 0.5) is 0 Å². The molecule has 0 unspecified atom stereocenters. The lowest BCUT2D eigenvalue weighted by molar-refractivity contribution is 1.07. The molecule has 0 saturated carbocycles. The van der Waals surface area contributed by atoms with Crippen LogP contribution in [0.5, 0.6) is 0 Å². The molecule has 0 spiro atoms. The lowest BCUT2D eigenvalue weighted by Crippen LogP contribution is -1.96. The second-order valence-corrected chi connectivity index (χ2v) is 3.71. The Kier molecular flexibility index (Phi) is 2.40. The Morgan fingerprint density at radius 3 is 2.86 bits per heavy atom. The zero-order valence-electron chi connectivity index (χ0n) is 7.92. The molecular weight excluding hydrogens is 196 g/mol. The van der Waals surface area contributed by atoms with Gasteiger partial charge in [0.05, 0.1) is 10.5 Å². The number of hydrogen-bond acceptors (Lipinski definition) is 2. The Labute approximate surface area is 87.7 Å². The maximum atomic E-state index is 6.09. The number of hydrogen-bond donors (Lipinski definition) is 1. The first-order chi connectivity index (χ1) is 6.70. The molecule has 0 aliphatic carbocycles. The van der Waals surface area contributed by atoms with Crippen LogP contribution >= 0.6 is 11.6 Å². The molecule has 0 fully saturated rings. The van der Waals surface area contributed by atoms with E-state index in [1.54, 1.807) is 0 Å². The van der Waals surface area contributed by atoms with Gasteiger partial charge in [0.15, 0.2) is 0 Å². The van der Waals surface area contributed by atoms with Gasteiger partial charge in [0.1, 0.15) is 0 Å². The quantitative estimate of drug-likeness (QED) is 0.779. The van der Waals surface area contributed by atoms with E-state index in [4.69, 9.17) is 17.3 Å². The largest absolute Gasteiger partial charge is 0.326 e. The highest BCUT2D eigenvalue weighted by molar-refractivity contribution is 6.35. The smallest absolute Gasteiger partial charge is 0.0723 e. The molecule has 0 saturated heterocycles. The molecule has 2 nitrogen and oxygen atoms in total. The molecule has 2 N–H and O–H groups in total. The van der Waals surface area contributed by atoms with Crippen molar-refractivity contribution in [1.82, 2.24) is 4.98 Å². The van der Waals surface area contributed by atoms with E-state index in [1.807, 2.05) is 31.2 Å². The maximum absolute atomic E-state index is 6.09. The first kappa shape index (κ1) is 9.44. The average Bonchev–Trinajstić information content (AvgIpc) is 2.16. The molecule has 14 heavy (non-hydrogen) atoms. The highest BCUT2D eigenvalue weighted by Gasteiger charge is 2.02. The lowest BCUT2D eigenvalue weighted by Gasteiger charge is -2.03. The molecule has 1 aromatic heterocycles. The summed E-state index contributed by atoms with van der Waals surface area (Å²) in [6, 6.07) is 7.79. The predicted molar refractivity (Wildman–Crippen MR) is 59.4 cm³/mol. The van der Waals surface area contributed by atoms with Gasteiger partial charge in [-0.15, -0.1) is 0 Å². The van der Waals surface area contributed by atoms with Crippen LogP contribution in [0.15, 0.2) is 24.3 Å². The fourth-order valence-corrected chi connectivity index (χ4v) is 1.80. The van der Waals surface area contributed by atoms with Crippen LogP contribution in [-0.4, -0.2) is 4.98 Å². The van der Waals surface area contributed by atoms with Crippen LogP contribution < -0.4 is 5.73 Å². The van der Waals surface area contributed by atoms with E-state index >= 15 is 0 Å². The number of aromatic nitrogens is 1. The summed E-state index contributed by atoms with van der Waals surface area (Å²) in [5.74, 6) is 0. The summed E-state index contributed by atoms with van der Waals surface area (Å²) in [6.07, 6.45) is 0. The van der Waals surface area contributed by atoms with Crippen LogP contribution in [0.1, 0.15) is 11.3 Å². The fourth-order valence-electron chi connectivity index (χ4n) is 1.48. The van der Waals surface area contributed by atoms with Gasteiger partial charge in [0.25, 0.3) is 0 Å². The van der Waals surface area contributed by atoms with Gasteiger partial charge in [0, 0.05) is 17.6 Å². The van der Waals surface area contributed by atoms with Crippen molar-refractivity contribution in [3.05, 3.63) is 40.5 Å². The standard InChI is InChI=1S/C11H11ClN2/c1-7-4-10(12)9-3-2-8(6-13)5-11(9)14-7/h2-5H,6,13H2,1H3. The Balaban J connectivity index is 2.75. The predicted octanol–water partition coefficient (Wildman–Crippen LogP) is 2.66. The van der Waals surface area contributed by atoms with Crippen molar-refractivity contribution in [2.24, 2.45) is 5.73 Å². The number of nitrogens with zero attached hydrogens (tertiary/aromatic N) is 1. The zero-order valence-corrected chi connectivity index (χ0v) is 8.67. The third kappa shape index (κ3) is 1.59. The molecule has 2 aromatic rings. The van der Waals surface area contributed by atoms with Gasteiger partial charge in [-0.1, -0.05) is 23.7 Å². The van der Waals surface area contributed by atoms with Crippen LogP contribution in [-0.2, 0) is 6.54 Å². The minimum absolute atomic E-state index is 0.531. The Hall–Kier alpha value is -1.12. The summed E-state index contributed by atoms with van der Waals surface area (Å²) in [5, 5.41) is 1.73. The first-order valence-electron chi connectivity index (χ1n) is 4.46. The molecule has 1 aromatic carbocycles. The number of aryl methyl sites for hydroxylation is 1. The minimum atomic E-state index is 0.531. The molecule has 1 heterocycles. The van der Waals surface area contributed by atoms with Crippen LogP contribution in [0.3, 0.4) is 0 Å². The fraction of sp³-hybridized carbons (Fsp3) is 0.182. The summed E-state index contributed by atoms with van der Waals surface area (Å²) in [5.41, 5.74) is 8.47. The summed E-state index contributed by atoms with van der Waals surface area (Å²) in [4.78, 5) is 4.41. The van der Waals surface area contributed by atoms with Crippen molar-refractivity contribution < 1.29 is 0 Å². The summed E-state index contributed by atoms with van der Waals surface area (Å²) in [6.45, 7) is 2.46. The average molecular weight is 207 g/mol. The molecule has 0 bridgehead atoms. The molecule has 0 aliphatic heterocycles. The summed E-state index contributed by atoms with van der Waals surface area (Å²) >= 11 is 6.09. The molecule has 0 radical (unpaired) electrons. The second-order valence-electron chi connectivity index (χ2n) is 3.30. The van der Waals surface area contributed by atoms with Crippen LogP contribution in [0.2, 0.25) is 5.02 Å². The van der Waals surface area contributed by atoms with Gasteiger partial charge in [0.2, 0.25) is 0 Å². The maximum Gasteiger partial charge on any atom is 0.0723 e. The van der Waals surface area contributed by atoms with E-state index in [0.29, 0.717) is 6.54 Å². The topological polar surface area (TPSA) is 38.9 Å². The summed E-state index contributed by atoms with van der Waals surface area (Å²) in [7, 11) is 0. The van der Waals surface area contributed by atoms with Crippen molar-refractivity contribution in [3.8, 4) is 0 Å². The van der Waals surface area contributed by atoms with Crippen molar-refractivity contribution in [2.75, 3.05) is 0 Å². The monoisotopic (exact) mass is 206 g/mol. The summed E-state index contributed by atoms with van der Waals surface area (Å²) < 4.78 is 0. The van der Waals surface area contributed by atoms with Gasteiger partial charge >= 0.3 is 0 Å². The van der Waals surface area contributed by atoms with Crippen molar-refractivity contribution in [2.45, 2.75) is 13.5 Å². The van der Waals surface area contributed by atoms with Crippen LogP contribution in [0, 0.1) is 6.92 Å². The molecule has 72 valence electrons. The molecule has 2 rings (SSSR count). The number of pyridine rings is 1. The molecule has 0 amide bonds. The van der Waals surface area contributed by atoms with E-state index in [9.17, 15) is 0 Å². The van der Waals surface area contributed by atoms with Crippen molar-refractivity contribution >= 4 is 22.5 Å². The van der Waals surface area contributed by atoms with Crippen LogP contribution in [0.25, 0.3) is 10.9 Å². The number of fused-ring (bicyclic) bond motifs is 1. The third-order valence-electron chi connectivity index (χ3n) is 2.19. The van der Waals surface area contributed by atoms with Gasteiger partial charge in [-0.05, 0) is 24.6 Å². The van der Waals surface area contributed by atoms with E-state index in [-0.39, 0.29) is 0 Å². The molecule has 3 heteroatoms. The minimum Gasteiger partial charge on any atom is -0.326 e. The van der Waals surface area contributed by atoms with E-state index in [1.165, 1.54) is 0 Å². The number of halogens is 1. The zero-order chi connectivity index (χ0) is 10.1. The van der Waals surface area contributed by atoms with Gasteiger partial charge in [-0.3, -0.25) is 4.98 Å². The highest BCUT2D eigenvalue weighted by Crippen LogP contribution is 2.23. The Morgan fingerprint density at radius 1 is 1.36 bits per heavy atom. The number of nitrogens with two attached hydrogens (primary N) is 1.